The Kier molecular flexibility index (Phi) is 9.02. The van der Waals surface area contributed by atoms with Crippen LogP contribution in [0.2, 0.25) is 0 Å². The molecule has 0 aromatic carbocycles. The number of nitrogens with zero attached hydrogens (tertiary/aromatic N) is 2. The number of nitrogens with one attached hydrogen (secondary N) is 1. The Morgan fingerprint density at radius 3 is 2.69 bits per heavy atom. The summed E-state index contributed by atoms with van der Waals surface area (Å²) in [6.07, 6.45) is 4.03. The van der Waals surface area contributed by atoms with Crippen LogP contribution < -0.4 is 11.1 Å². The number of aliphatic imine (C=N–C) groups is 1. The van der Waals surface area contributed by atoms with Crippen LogP contribution in [0.1, 0.15) is 26.2 Å². The summed E-state index contributed by atoms with van der Waals surface area (Å²) in [5, 5.41) is 3.14. The molecule has 16 heavy (non-hydrogen) atoms. The van der Waals surface area contributed by atoms with E-state index in [4.69, 9.17) is 5.73 Å². The van der Waals surface area contributed by atoms with Crippen LogP contribution in [0.3, 0.4) is 0 Å². The van der Waals surface area contributed by atoms with Gasteiger partial charge in [0.2, 0.25) is 0 Å². The van der Waals surface area contributed by atoms with Gasteiger partial charge in [-0.2, -0.15) is 0 Å². The first-order valence-electron chi connectivity index (χ1n) is 5.94. The molecule has 0 spiro atoms. The van der Waals surface area contributed by atoms with E-state index in [-0.39, 0.29) is 24.0 Å². The van der Waals surface area contributed by atoms with E-state index < -0.39 is 0 Å². The molecule has 0 aromatic heterocycles. The minimum Gasteiger partial charge on any atom is -0.370 e. The van der Waals surface area contributed by atoms with Gasteiger partial charge in [-0.05, 0) is 32.4 Å². The summed E-state index contributed by atoms with van der Waals surface area (Å²) in [4.78, 5) is 6.58. The van der Waals surface area contributed by atoms with Crippen LogP contribution in [-0.4, -0.2) is 44.1 Å². The summed E-state index contributed by atoms with van der Waals surface area (Å²) >= 11 is 0. The lowest BCUT2D eigenvalue weighted by atomic mass is 9.86. The predicted octanol–water partition coefficient (Wildman–Crippen LogP) is 1.26. The monoisotopic (exact) mass is 340 g/mol. The third-order valence-electron chi connectivity index (χ3n) is 3.08. The molecule has 4 nitrogen and oxygen atoms in total. The van der Waals surface area contributed by atoms with Crippen molar-refractivity contribution in [2.75, 3.05) is 33.2 Å². The number of halogens is 1. The van der Waals surface area contributed by atoms with E-state index in [9.17, 15) is 0 Å². The highest BCUT2D eigenvalue weighted by Crippen LogP contribution is 2.26. The fourth-order valence-electron chi connectivity index (χ4n) is 1.49. The highest BCUT2D eigenvalue weighted by Gasteiger charge is 2.16. The molecule has 0 atom stereocenters. The highest BCUT2D eigenvalue weighted by atomic mass is 127. The van der Waals surface area contributed by atoms with Crippen LogP contribution in [0.4, 0.5) is 0 Å². The van der Waals surface area contributed by atoms with E-state index in [1.54, 1.807) is 0 Å². The van der Waals surface area contributed by atoms with E-state index in [2.05, 4.69) is 29.2 Å². The van der Waals surface area contributed by atoms with Crippen molar-refractivity contribution in [2.24, 2.45) is 16.6 Å². The van der Waals surface area contributed by atoms with Gasteiger partial charge in [-0.15, -0.1) is 24.0 Å². The smallest absolute Gasteiger partial charge is 0.188 e. The molecule has 1 rings (SSSR count). The lowest BCUT2D eigenvalue weighted by molar-refractivity contribution is 0.325. The molecule has 0 radical (unpaired) electrons. The van der Waals surface area contributed by atoms with Gasteiger partial charge in [-0.3, -0.25) is 4.99 Å². The summed E-state index contributed by atoms with van der Waals surface area (Å²) < 4.78 is 0. The van der Waals surface area contributed by atoms with Gasteiger partial charge in [-0.25, -0.2) is 0 Å². The van der Waals surface area contributed by atoms with Gasteiger partial charge in [0.15, 0.2) is 5.96 Å². The average Bonchev–Trinajstić information content (AvgIpc) is 2.15. The zero-order chi connectivity index (χ0) is 11.1. The number of rotatable bonds is 6. The van der Waals surface area contributed by atoms with Crippen molar-refractivity contribution in [3.63, 3.8) is 0 Å². The first-order valence-corrected chi connectivity index (χ1v) is 5.94. The Balaban J connectivity index is 0.00000225. The van der Waals surface area contributed by atoms with Gasteiger partial charge in [0.05, 0.1) is 0 Å². The summed E-state index contributed by atoms with van der Waals surface area (Å²) in [5.74, 6) is 1.40. The Labute approximate surface area is 116 Å². The number of hydrogen-bond acceptors (Lipinski definition) is 2. The Bertz CT molecular complexity index is 204. The molecule has 0 amide bonds. The minimum atomic E-state index is 0. The molecule has 0 bridgehead atoms. The third-order valence-corrected chi connectivity index (χ3v) is 3.08. The van der Waals surface area contributed by atoms with Crippen molar-refractivity contribution in [3.05, 3.63) is 0 Å². The lowest BCUT2D eigenvalue weighted by Crippen LogP contribution is -2.37. The summed E-state index contributed by atoms with van der Waals surface area (Å²) in [5.41, 5.74) is 5.75. The number of guanidine groups is 1. The zero-order valence-electron chi connectivity index (χ0n) is 10.4. The van der Waals surface area contributed by atoms with Gasteiger partial charge in [-0.1, -0.05) is 13.3 Å². The quantitative estimate of drug-likeness (QED) is 0.435. The van der Waals surface area contributed by atoms with E-state index in [0.29, 0.717) is 5.96 Å². The minimum absolute atomic E-state index is 0. The number of hydrogen-bond donors (Lipinski definition) is 2. The van der Waals surface area contributed by atoms with Crippen LogP contribution >= 0.6 is 24.0 Å². The van der Waals surface area contributed by atoms with E-state index in [1.165, 1.54) is 19.3 Å². The van der Waals surface area contributed by atoms with Crippen LogP contribution in [0.25, 0.3) is 0 Å². The SMILES string of the molecule is CCN(C)CCNC(N)=NCC1CCC1.I. The van der Waals surface area contributed by atoms with E-state index >= 15 is 0 Å². The lowest BCUT2D eigenvalue weighted by Gasteiger charge is -2.23. The molecular weight excluding hydrogens is 315 g/mol. The van der Waals surface area contributed by atoms with Crippen LogP contribution in [0.5, 0.6) is 0 Å². The standard InChI is InChI=1S/C11H24N4.HI/c1-3-15(2)8-7-13-11(12)14-9-10-5-4-6-10;/h10H,3-9H2,1-2H3,(H3,12,13,14);1H. The van der Waals surface area contributed by atoms with Gasteiger partial charge in [0.25, 0.3) is 0 Å². The van der Waals surface area contributed by atoms with Crippen molar-refractivity contribution in [2.45, 2.75) is 26.2 Å². The van der Waals surface area contributed by atoms with Gasteiger partial charge in [0, 0.05) is 19.6 Å². The van der Waals surface area contributed by atoms with Crippen molar-refractivity contribution in [1.29, 1.82) is 0 Å². The first kappa shape index (κ1) is 16.0. The molecule has 3 N–H and O–H groups in total. The molecule has 1 aliphatic rings. The highest BCUT2D eigenvalue weighted by molar-refractivity contribution is 14.0. The number of nitrogens with two attached hydrogens (primary N) is 1. The largest absolute Gasteiger partial charge is 0.370 e. The third kappa shape index (κ3) is 6.52. The van der Waals surface area contributed by atoms with Gasteiger partial charge >= 0.3 is 0 Å². The topological polar surface area (TPSA) is 53.6 Å². The maximum Gasteiger partial charge on any atom is 0.188 e. The maximum atomic E-state index is 5.75. The van der Waals surface area contributed by atoms with Crippen molar-refractivity contribution in [1.82, 2.24) is 10.2 Å². The molecule has 0 aromatic rings. The Hall–Kier alpha value is -0.0400. The van der Waals surface area contributed by atoms with Crippen molar-refractivity contribution in [3.8, 4) is 0 Å². The fraction of sp³-hybridized carbons (Fsp3) is 0.909. The van der Waals surface area contributed by atoms with Gasteiger partial charge < -0.3 is 16.0 Å². The van der Waals surface area contributed by atoms with E-state index in [1.807, 2.05) is 0 Å². The average molecular weight is 340 g/mol. The van der Waals surface area contributed by atoms with Crippen LogP contribution in [0.15, 0.2) is 4.99 Å². The van der Waals surface area contributed by atoms with Crippen molar-refractivity contribution < 1.29 is 0 Å². The number of likely N-dealkylation sites (N-methyl/N-ethyl adjacent to an activating group) is 1. The molecule has 0 unspecified atom stereocenters. The van der Waals surface area contributed by atoms with Gasteiger partial charge in [0.1, 0.15) is 0 Å². The second-order valence-corrected chi connectivity index (χ2v) is 4.35. The second kappa shape index (κ2) is 9.04. The predicted molar refractivity (Wildman–Crippen MR) is 80.4 cm³/mol. The summed E-state index contributed by atoms with van der Waals surface area (Å²) in [6, 6.07) is 0. The molecular formula is C11H25IN4. The summed E-state index contributed by atoms with van der Waals surface area (Å²) in [7, 11) is 2.10. The summed E-state index contributed by atoms with van der Waals surface area (Å²) in [6.45, 7) is 6.01. The fourth-order valence-corrected chi connectivity index (χ4v) is 1.49. The van der Waals surface area contributed by atoms with Crippen molar-refractivity contribution >= 4 is 29.9 Å². The first-order chi connectivity index (χ1) is 7.22. The molecule has 0 aliphatic heterocycles. The second-order valence-electron chi connectivity index (χ2n) is 4.35. The van der Waals surface area contributed by atoms with Crippen LogP contribution in [0, 0.1) is 5.92 Å². The molecule has 0 saturated heterocycles. The Morgan fingerprint density at radius 2 is 2.19 bits per heavy atom. The molecule has 0 heterocycles. The zero-order valence-corrected chi connectivity index (χ0v) is 12.7. The Morgan fingerprint density at radius 1 is 1.50 bits per heavy atom. The molecule has 1 aliphatic carbocycles. The molecule has 96 valence electrons. The van der Waals surface area contributed by atoms with E-state index in [0.717, 1.165) is 32.1 Å². The molecule has 1 saturated carbocycles. The normalized spacial score (nSPS) is 16.8. The molecule has 5 heteroatoms. The molecule has 1 fully saturated rings. The maximum absolute atomic E-state index is 5.75. The van der Waals surface area contributed by atoms with Crippen LogP contribution in [-0.2, 0) is 0 Å².